The molecule has 166 valence electrons. The van der Waals surface area contributed by atoms with Gasteiger partial charge in [0.05, 0.1) is 11.7 Å². The zero-order valence-electron chi connectivity index (χ0n) is 18.0. The van der Waals surface area contributed by atoms with Gasteiger partial charge in [-0.15, -0.1) is 5.10 Å². The standard InChI is InChI=1S/C23H27N7O2/c1-17(29-13-11-19(12-14-29)15-18-5-3-2-4-6-18)22(31)25-26-23(32)20-7-9-21(10-8-20)30-16-24-27-28-30/h2-10,16-17,19H,11-15H2,1H3,(H,25,31)(H,26,32). The number of carbonyl (C=O) groups excluding carboxylic acids is 2. The molecule has 1 aliphatic rings. The van der Waals surface area contributed by atoms with Crippen molar-refractivity contribution in [2.75, 3.05) is 13.1 Å². The average Bonchev–Trinajstić information content (AvgIpc) is 3.38. The first kappa shape index (κ1) is 21.6. The average molecular weight is 434 g/mol. The van der Waals surface area contributed by atoms with Gasteiger partial charge < -0.3 is 0 Å². The number of piperidine rings is 1. The number of hydrazine groups is 1. The Morgan fingerprint density at radius 1 is 1.03 bits per heavy atom. The smallest absolute Gasteiger partial charge is 0.269 e. The van der Waals surface area contributed by atoms with Gasteiger partial charge in [-0.3, -0.25) is 25.3 Å². The quantitative estimate of drug-likeness (QED) is 0.574. The van der Waals surface area contributed by atoms with Crippen LogP contribution < -0.4 is 10.9 Å². The van der Waals surface area contributed by atoms with Crippen LogP contribution in [0.25, 0.3) is 5.69 Å². The van der Waals surface area contributed by atoms with Gasteiger partial charge >= 0.3 is 0 Å². The van der Waals surface area contributed by atoms with Crippen molar-refractivity contribution in [3.63, 3.8) is 0 Å². The minimum Gasteiger partial charge on any atom is -0.292 e. The Bertz CT molecular complexity index is 1010. The first-order valence-electron chi connectivity index (χ1n) is 10.8. The van der Waals surface area contributed by atoms with E-state index in [1.54, 1.807) is 24.3 Å². The molecule has 1 aromatic heterocycles. The first-order chi connectivity index (χ1) is 15.6. The third-order valence-electron chi connectivity index (χ3n) is 5.99. The fourth-order valence-corrected chi connectivity index (χ4v) is 4.00. The van der Waals surface area contributed by atoms with Crippen molar-refractivity contribution in [1.82, 2.24) is 36.0 Å². The van der Waals surface area contributed by atoms with Crippen LogP contribution in [-0.4, -0.2) is 56.1 Å². The maximum atomic E-state index is 12.6. The number of hydrogen-bond donors (Lipinski definition) is 2. The van der Waals surface area contributed by atoms with Gasteiger partial charge in [-0.25, -0.2) is 4.68 Å². The number of tetrazole rings is 1. The largest absolute Gasteiger partial charge is 0.292 e. The molecule has 1 unspecified atom stereocenters. The summed E-state index contributed by atoms with van der Waals surface area (Å²) >= 11 is 0. The SMILES string of the molecule is CC(C(=O)NNC(=O)c1ccc(-n2cnnn2)cc1)N1CCC(Cc2ccccc2)CC1. The van der Waals surface area contributed by atoms with E-state index in [0.717, 1.165) is 38.0 Å². The molecule has 0 spiro atoms. The van der Waals surface area contributed by atoms with E-state index in [1.165, 1.54) is 16.6 Å². The highest BCUT2D eigenvalue weighted by Gasteiger charge is 2.27. The molecule has 9 nitrogen and oxygen atoms in total. The third kappa shape index (κ3) is 5.36. The lowest BCUT2D eigenvalue weighted by atomic mass is 9.89. The molecule has 3 aromatic rings. The highest BCUT2D eigenvalue weighted by molar-refractivity contribution is 5.96. The van der Waals surface area contributed by atoms with Crippen LogP contribution in [0.15, 0.2) is 60.9 Å². The van der Waals surface area contributed by atoms with Gasteiger partial charge in [0.1, 0.15) is 6.33 Å². The molecule has 1 aliphatic heterocycles. The molecule has 1 fully saturated rings. The van der Waals surface area contributed by atoms with Gasteiger partial charge in [-0.05, 0) is 85.4 Å². The highest BCUT2D eigenvalue weighted by Crippen LogP contribution is 2.22. The number of rotatable bonds is 6. The van der Waals surface area contributed by atoms with E-state index in [0.29, 0.717) is 11.5 Å². The summed E-state index contributed by atoms with van der Waals surface area (Å²) in [5.74, 6) is 0.0421. The number of carbonyl (C=O) groups is 2. The van der Waals surface area contributed by atoms with E-state index in [2.05, 4.69) is 55.5 Å². The van der Waals surface area contributed by atoms with Crippen molar-refractivity contribution in [3.05, 3.63) is 72.1 Å². The summed E-state index contributed by atoms with van der Waals surface area (Å²) in [4.78, 5) is 27.1. The maximum Gasteiger partial charge on any atom is 0.269 e. The molecular formula is C23H27N7O2. The molecule has 0 saturated carbocycles. The highest BCUT2D eigenvalue weighted by atomic mass is 16.2. The number of aromatic nitrogens is 4. The normalized spacial score (nSPS) is 15.8. The van der Waals surface area contributed by atoms with Crippen molar-refractivity contribution in [2.24, 2.45) is 5.92 Å². The molecule has 2 amide bonds. The summed E-state index contributed by atoms with van der Waals surface area (Å²) in [6.07, 6.45) is 4.68. The molecule has 0 radical (unpaired) electrons. The van der Waals surface area contributed by atoms with Crippen LogP contribution in [-0.2, 0) is 11.2 Å². The number of benzene rings is 2. The number of amides is 2. The summed E-state index contributed by atoms with van der Waals surface area (Å²) in [6.45, 7) is 3.62. The summed E-state index contributed by atoms with van der Waals surface area (Å²) in [5, 5.41) is 11.0. The predicted octanol–water partition coefficient (Wildman–Crippen LogP) is 1.77. The van der Waals surface area contributed by atoms with Crippen LogP contribution in [0, 0.1) is 5.92 Å². The lowest BCUT2D eigenvalue weighted by molar-refractivity contribution is -0.127. The second-order valence-electron chi connectivity index (χ2n) is 8.09. The van der Waals surface area contributed by atoms with Crippen molar-refractivity contribution in [3.8, 4) is 5.69 Å². The van der Waals surface area contributed by atoms with E-state index in [4.69, 9.17) is 0 Å². The first-order valence-corrected chi connectivity index (χ1v) is 10.8. The molecule has 2 heterocycles. The molecule has 0 aliphatic carbocycles. The fraction of sp³-hybridized carbons (Fsp3) is 0.348. The van der Waals surface area contributed by atoms with Gasteiger partial charge in [0.2, 0.25) is 0 Å². The summed E-state index contributed by atoms with van der Waals surface area (Å²) in [6, 6.07) is 17.0. The van der Waals surface area contributed by atoms with Crippen LogP contribution in [0.1, 0.15) is 35.7 Å². The third-order valence-corrected chi connectivity index (χ3v) is 5.99. The van der Waals surface area contributed by atoms with Crippen molar-refractivity contribution in [1.29, 1.82) is 0 Å². The lowest BCUT2D eigenvalue weighted by Crippen LogP contribution is -2.52. The molecule has 4 rings (SSSR count). The Morgan fingerprint density at radius 2 is 1.75 bits per heavy atom. The fourth-order valence-electron chi connectivity index (χ4n) is 4.00. The minimum atomic E-state index is -0.379. The van der Waals surface area contributed by atoms with Gasteiger partial charge in [0.15, 0.2) is 0 Å². The second kappa shape index (κ2) is 10.1. The Hall–Kier alpha value is -3.59. The number of likely N-dealkylation sites (tertiary alicyclic amines) is 1. The van der Waals surface area contributed by atoms with E-state index in [-0.39, 0.29) is 17.9 Å². The predicted molar refractivity (Wildman–Crippen MR) is 119 cm³/mol. The minimum absolute atomic E-state index is 0.217. The van der Waals surface area contributed by atoms with E-state index in [9.17, 15) is 9.59 Å². The van der Waals surface area contributed by atoms with Crippen LogP contribution in [0.3, 0.4) is 0 Å². The zero-order valence-corrected chi connectivity index (χ0v) is 18.0. The van der Waals surface area contributed by atoms with E-state index in [1.807, 2.05) is 13.0 Å². The summed E-state index contributed by atoms with van der Waals surface area (Å²) in [5.41, 5.74) is 7.59. The van der Waals surface area contributed by atoms with Gasteiger partial charge in [-0.1, -0.05) is 30.3 Å². The number of nitrogens with one attached hydrogen (secondary N) is 2. The summed E-state index contributed by atoms with van der Waals surface area (Å²) in [7, 11) is 0. The molecule has 2 N–H and O–H groups in total. The van der Waals surface area contributed by atoms with Crippen molar-refractivity contribution < 1.29 is 9.59 Å². The summed E-state index contributed by atoms with van der Waals surface area (Å²) < 4.78 is 1.49. The van der Waals surface area contributed by atoms with Gasteiger partial charge in [0.25, 0.3) is 11.8 Å². The Kier molecular flexibility index (Phi) is 6.86. The zero-order chi connectivity index (χ0) is 22.3. The molecule has 9 heteroatoms. The Balaban J connectivity index is 1.22. The van der Waals surface area contributed by atoms with E-state index < -0.39 is 0 Å². The van der Waals surface area contributed by atoms with Crippen LogP contribution in [0.4, 0.5) is 0 Å². The van der Waals surface area contributed by atoms with E-state index >= 15 is 0 Å². The van der Waals surface area contributed by atoms with Crippen LogP contribution in [0.5, 0.6) is 0 Å². The second-order valence-corrected chi connectivity index (χ2v) is 8.09. The maximum absolute atomic E-state index is 12.6. The van der Waals surface area contributed by atoms with Crippen LogP contribution in [0.2, 0.25) is 0 Å². The number of hydrogen-bond acceptors (Lipinski definition) is 6. The molecule has 32 heavy (non-hydrogen) atoms. The molecule has 0 bridgehead atoms. The molecule has 2 aromatic carbocycles. The van der Waals surface area contributed by atoms with Crippen molar-refractivity contribution >= 4 is 11.8 Å². The topological polar surface area (TPSA) is 105 Å². The Labute approximate surface area is 186 Å². The molecule has 1 atom stereocenters. The molecular weight excluding hydrogens is 406 g/mol. The van der Waals surface area contributed by atoms with Crippen molar-refractivity contribution in [2.45, 2.75) is 32.2 Å². The van der Waals surface area contributed by atoms with Crippen LogP contribution >= 0.6 is 0 Å². The lowest BCUT2D eigenvalue weighted by Gasteiger charge is -2.35. The Morgan fingerprint density at radius 3 is 2.41 bits per heavy atom. The number of nitrogens with zero attached hydrogens (tertiary/aromatic N) is 5. The van der Waals surface area contributed by atoms with Gasteiger partial charge in [0, 0.05) is 5.56 Å². The van der Waals surface area contributed by atoms with Gasteiger partial charge in [-0.2, -0.15) is 0 Å². The monoisotopic (exact) mass is 433 g/mol. The molecule has 1 saturated heterocycles.